The molecular formula is C24H33N3O3S. The van der Waals surface area contributed by atoms with E-state index in [0.717, 1.165) is 24.1 Å². The van der Waals surface area contributed by atoms with E-state index in [9.17, 15) is 13.2 Å². The van der Waals surface area contributed by atoms with Crippen LogP contribution >= 0.6 is 0 Å². The lowest BCUT2D eigenvalue weighted by atomic mass is 9.95. The molecule has 7 heteroatoms. The van der Waals surface area contributed by atoms with Crippen LogP contribution in [0.3, 0.4) is 0 Å². The first-order valence-electron chi connectivity index (χ1n) is 11.5. The molecule has 1 fully saturated rings. The summed E-state index contributed by atoms with van der Waals surface area (Å²) in [5.74, 6) is -0.0700. The molecule has 0 bridgehead atoms. The molecular weight excluding hydrogens is 410 g/mol. The van der Waals surface area contributed by atoms with Crippen LogP contribution in [0.5, 0.6) is 0 Å². The fraction of sp³-hybridized carbons (Fsp3) is 0.583. The number of benzene rings is 1. The van der Waals surface area contributed by atoms with Gasteiger partial charge in [-0.2, -0.15) is 5.10 Å². The van der Waals surface area contributed by atoms with Crippen molar-refractivity contribution in [2.24, 2.45) is 0 Å². The molecule has 0 atom stereocenters. The summed E-state index contributed by atoms with van der Waals surface area (Å²) in [6.07, 6.45) is 9.77. The number of nitrogens with zero attached hydrogens (tertiary/aromatic N) is 2. The number of sulfone groups is 1. The highest BCUT2D eigenvalue weighted by Gasteiger charge is 2.26. The molecule has 2 aliphatic rings. The molecule has 31 heavy (non-hydrogen) atoms. The van der Waals surface area contributed by atoms with Gasteiger partial charge in [0.05, 0.1) is 34.8 Å². The summed E-state index contributed by atoms with van der Waals surface area (Å²) in [5.41, 5.74) is 4.57. The second-order valence-corrected chi connectivity index (χ2v) is 11.7. The van der Waals surface area contributed by atoms with Crippen LogP contribution in [-0.4, -0.2) is 29.4 Å². The summed E-state index contributed by atoms with van der Waals surface area (Å²) in [6, 6.07) is 7.17. The second-order valence-electron chi connectivity index (χ2n) is 9.15. The van der Waals surface area contributed by atoms with E-state index in [2.05, 4.69) is 10.00 Å². The van der Waals surface area contributed by atoms with E-state index in [1.54, 1.807) is 38.1 Å². The van der Waals surface area contributed by atoms with Crippen LogP contribution in [0.15, 0.2) is 29.2 Å². The molecule has 0 unspecified atom stereocenters. The third kappa shape index (κ3) is 4.71. The van der Waals surface area contributed by atoms with Gasteiger partial charge in [-0.25, -0.2) is 8.42 Å². The monoisotopic (exact) mass is 443 g/mol. The number of fused-ring (bicyclic) bond motifs is 1. The standard InChI is InChI=1S/C24H33N3O3S/c1-17(2)31(29,30)20-13-11-18(12-14-20)15-24(28)25-16-22-21-9-5-6-10-23(21)27(26-22)19-7-3-4-8-19/h11-14,17,19H,3-10,15-16H2,1-2H3,(H,25,28). The van der Waals surface area contributed by atoms with Gasteiger partial charge in [-0.1, -0.05) is 25.0 Å². The van der Waals surface area contributed by atoms with E-state index < -0.39 is 15.1 Å². The van der Waals surface area contributed by atoms with Gasteiger partial charge < -0.3 is 5.32 Å². The van der Waals surface area contributed by atoms with Gasteiger partial charge in [-0.3, -0.25) is 9.48 Å². The summed E-state index contributed by atoms with van der Waals surface area (Å²) in [6.45, 7) is 3.80. The van der Waals surface area contributed by atoms with Crippen molar-refractivity contribution in [3.05, 3.63) is 46.8 Å². The molecule has 0 radical (unpaired) electrons. The molecule has 6 nitrogen and oxygen atoms in total. The van der Waals surface area contributed by atoms with Gasteiger partial charge in [0.1, 0.15) is 0 Å². The zero-order valence-corrected chi connectivity index (χ0v) is 19.4. The van der Waals surface area contributed by atoms with Crippen LogP contribution in [0.4, 0.5) is 0 Å². The van der Waals surface area contributed by atoms with Crippen molar-refractivity contribution in [3.63, 3.8) is 0 Å². The average Bonchev–Trinajstić information content (AvgIpc) is 3.40. The van der Waals surface area contributed by atoms with Crippen molar-refractivity contribution >= 4 is 15.7 Å². The second kappa shape index (κ2) is 9.15. The molecule has 4 rings (SSSR count). The fourth-order valence-electron chi connectivity index (χ4n) is 4.80. The first-order valence-corrected chi connectivity index (χ1v) is 13.1. The molecule has 1 heterocycles. The number of rotatable bonds is 7. The Bertz CT molecular complexity index is 1030. The molecule has 0 saturated heterocycles. The smallest absolute Gasteiger partial charge is 0.224 e. The first-order chi connectivity index (χ1) is 14.9. The van der Waals surface area contributed by atoms with E-state index in [1.165, 1.54) is 49.8 Å². The van der Waals surface area contributed by atoms with Gasteiger partial charge in [0.15, 0.2) is 9.84 Å². The number of amides is 1. The highest BCUT2D eigenvalue weighted by atomic mass is 32.2. The SMILES string of the molecule is CC(C)S(=O)(=O)c1ccc(CC(=O)NCc2nn(C3CCCC3)c3c2CCCC3)cc1. The summed E-state index contributed by atoms with van der Waals surface area (Å²) < 4.78 is 26.8. The molecule has 1 saturated carbocycles. The van der Waals surface area contributed by atoms with Crippen molar-refractivity contribution < 1.29 is 13.2 Å². The van der Waals surface area contributed by atoms with Gasteiger partial charge in [-0.15, -0.1) is 0 Å². The number of carbonyl (C=O) groups is 1. The van der Waals surface area contributed by atoms with Crippen LogP contribution in [0.25, 0.3) is 0 Å². The van der Waals surface area contributed by atoms with Gasteiger partial charge in [-0.05, 0) is 75.6 Å². The maximum atomic E-state index is 12.5. The van der Waals surface area contributed by atoms with Gasteiger partial charge in [0.2, 0.25) is 5.91 Å². The van der Waals surface area contributed by atoms with Crippen molar-refractivity contribution in [1.82, 2.24) is 15.1 Å². The van der Waals surface area contributed by atoms with Crippen LogP contribution in [0.1, 0.15) is 80.9 Å². The lowest BCUT2D eigenvalue weighted by Gasteiger charge is -2.18. The first kappa shape index (κ1) is 22.1. The largest absolute Gasteiger partial charge is 0.350 e. The number of carbonyl (C=O) groups excluding carboxylic acids is 1. The van der Waals surface area contributed by atoms with Crippen molar-refractivity contribution in [2.75, 3.05) is 0 Å². The minimum absolute atomic E-state index is 0.0700. The predicted molar refractivity (Wildman–Crippen MR) is 121 cm³/mol. The number of hydrogen-bond donors (Lipinski definition) is 1. The molecule has 1 aromatic heterocycles. The molecule has 1 aromatic carbocycles. The predicted octanol–water partition coefficient (Wildman–Crippen LogP) is 3.92. The average molecular weight is 444 g/mol. The van der Waals surface area contributed by atoms with Crippen molar-refractivity contribution in [2.45, 2.75) is 94.4 Å². The minimum atomic E-state index is -3.29. The molecule has 0 aliphatic heterocycles. The molecule has 1 amide bonds. The Morgan fingerprint density at radius 3 is 2.45 bits per heavy atom. The summed E-state index contributed by atoms with van der Waals surface area (Å²) in [5, 5.41) is 7.51. The Hall–Kier alpha value is -2.15. The zero-order valence-electron chi connectivity index (χ0n) is 18.6. The van der Waals surface area contributed by atoms with E-state index in [1.807, 2.05) is 0 Å². The molecule has 0 spiro atoms. The minimum Gasteiger partial charge on any atom is -0.350 e. The van der Waals surface area contributed by atoms with Crippen LogP contribution < -0.4 is 5.32 Å². The summed E-state index contributed by atoms with van der Waals surface area (Å²) >= 11 is 0. The number of hydrogen-bond acceptors (Lipinski definition) is 4. The van der Waals surface area contributed by atoms with Crippen LogP contribution in [-0.2, 0) is 40.4 Å². The number of nitrogens with one attached hydrogen (secondary N) is 1. The molecule has 2 aromatic rings. The van der Waals surface area contributed by atoms with Gasteiger partial charge in [0.25, 0.3) is 0 Å². The Balaban J connectivity index is 1.40. The lowest BCUT2D eigenvalue weighted by Crippen LogP contribution is -2.25. The van der Waals surface area contributed by atoms with Gasteiger partial charge in [0, 0.05) is 5.69 Å². The summed E-state index contributed by atoms with van der Waals surface area (Å²) in [4.78, 5) is 12.8. The Labute approximate surface area is 185 Å². The van der Waals surface area contributed by atoms with E-state index >= 15 is 0 Å². The maximum absolute atomic E-state index is 12.5. The Morgan fingerprint density at radius 1 is 1.10 bits per heavy atom. The van der Waals surface area contributed by atoms with E-state index in [-0.39, 0.29) is 12.3 Å². The zero-order chi connectivity index (χ0) is 22.0. The number of aromatic nitrogens is 2. The topological polar surface area (TPSA) is 81.1 Å². The highest BCUT2D eigenvalue weighted by molar-refractivity contribution is 7.92. The maximum Gasteiger partial charge on any atom is 0.224 e. The lowest BCUT2D eigenvalue weighted by molar-refractivity contribution is -0.120. The van der Waals surface area contributed by atoms with E-state index in [4.69, 9.17) is 5.10 Å². The van der Waals surface area contributed by atoms with Gasteiger partial charge >= 0.3 is 0 Å². The third-order valence-corrected chi connectivity index (χ3v) is 8.82. The molecule has 168 valence electrons. The van der Waals surface area contributed by atoms with E-state index in [0.29, 0.717) is 17.5 Å². The Kier molecular flexibility index (Phi) is 6.51. The highest BCUT2D eigenvalue weighted by Crippen LogP contribution is 2.34. The fourth-order valence-corrected chi connectivity index (χ4v) is 5.86. The summed E-state index contributed by atoms with van der Waals surface area (Å²) in [7, 11) is -3.29. The van der Waals surface area contributed by atoms with Crippen molar-refractivity contribution in [3.8, 4) is 0 Å². The third-order valence-electron chi connectivity index (χ3n) is 6.65. The Morgan fingerprint density at radius 2 is 1.77 bits per heavy atom. The van der Waals surface area contributed by atoms with Crippen LogP contribution in [0.2, 0.25) is 0 Å². The van der Waals surface area contributed by atoms with Crippen LogP contribution in [0, 0.1) is 0 Å². The molecule has 2 aliphatic carbocycles. The normalized spacial score (nSPS) is 17.1. The molecule has 1 N–H and O–H groups in total. The van der Waals surface area contributed by atoms with Crippen molar-refractivity contribution in [1.29, 1.82) is 0 Å². The quantitative estimate of drug-likeness (QED) is 0.703.